The summed E-state index contributed by atoms with van der Waals surface area (Å²) in [4.78, 5) is 27.5. The number of rotatable bonds is 2. The van der Waals surface area contributed by atoms with Gasteiger partial charge in [0.05, 0.1) is 12.2 Å². The van der Waals surface area contributed by atoms with Gasteiger partial charge >= 0.3 is 5.63 Å². The highest BCUT2D eigenvalue weighted by Gasteiger charge is 2.37. The van der Waals surface area contributed by atoms with Crippen molar-refractivity contribution in [3.8, 4) is 0 Å². The van der Waals surface area contributed by atoms with Crippen LogP contribution in [0.4, 0.5) is 0 Å². The van der Waals surface area contributed by atoms with Gasteiger partial charge in [0.1, 0.15) is 11.3 Å². The summed E-state index contributed by atoms with van der Waals surface area (Å²) in [5.41, 5.74) is 1.46. The summed E-state index contributed by atoms with van der Waals surface area (Å²) in [5.74, 6) is 0.643. The van der Waals surface area contributed by atoms with Crippen LogP contribution in [0.25, 0.3) is 0 Å². The maximum Gasteiger partial charge on any atom is 0.349 e. The Balaban J connectivity index is 1.49. The van der Waals surface area contributed by atoms with E-state index in [1.165, 1.54) is 5.57 Å². The van der Waals surface area contributed by atoms with Crippen LogP contribution >= 0.6 is 0 Å². The molecule has 0 saturated carbocycles. The largest absolute Gasteiger partial charge is 0.427 e. The lowest BCUT2D eigenvalue weighted by molar-refractivity contribution is -0.0522. The minimum atomic E-state index is -0.517. The summed E-state index contributed by atoms with van der Waals surface area (Å²) in [5, 5.41) is 0. The van der Waals surface area contributed by atoms with Gasteiger partial charge in [-0.2, -0.15) is 0 Å². The molecule has 6 nitrogen and oxygen atoms in total. The molecule has 0 N–H and O–H groups in total. The summed E-state index contributed by atoms with van der Waals surface area (Å²) in [6.45, 7) is 7.24. The number of piperidine rings is 1. The predicted molar refractivity (Wildman–Crippen MR) is 105 cm³/mol. The number of carbonyl (C=O) groups excluding carboxylic acids is 1. The summed E-state index contributed by atoms with van der Waals surface area (Å²) in [7, 11) is 0. The molecule has 28 heavy (non-hydrogen) atoms. The van der Waals surface area contributed by atoms with E-state index in [2.05, 4.69) is 13.0 Å². The predicted octanol–water partition coefficient (Wildman–Crippen LogP) is 3.18. The molecule has 0 aromatic carbocycles. The van der Waals surface area contributed by atoms with Crippen LogP contribution in [0.1, 0.15) is 66.6 Å². The Bertz CT molecular complexity index is 826. The van der Waals surface area contributed by atoms with Crippen molar-refractivity contribution in [1.82, 2.24) is 4.90 Å². The van der Waals surface area contributed by atoms with Crippen molar-refractivity contribution in [2.24, 2.45) is 0 Å². The minimum absolute atomic E-state index is 0.169. The molecular formula is C22H29NO5. The number of ether oxygens (including phenoxy) is 2. The fourth-order valence-corrected chi connectivity index (χ4v) is 4.59. The minimum Gasteiger partial charge on any atom is -0.427 e. The summed E-state index contributed by atoms with van der Waals surface area (Å²) in [6, 6.07) is 1.87. The Kier molecular flexibility index (Phi) is 5.43. The Morgan fingerprint density at radius 3 is 2.50 bits per heavy atom. The normalized spacial score (nSPS) is 22.9. The lowest BCUT2D eigenvalue weighted by atomic mass is 9.86. The zero-order chi connectivity index (χ0) is 19.7. The van der Waals surface area contributed by atoms with Crippen molar-refractivity contribution in [3.05, 3.63) is 45.0 Å². The molecule has 152 valence electrons. The van der Waals surface area contributed by atoms with E-state index < -0.39 is 5.63 Å². The van der Waals surface area contributed by atoms with Gasteiger partial charge < -0.3 is 18.8 Å². The Hall–Kier alpha value is -1.92. The number of carbonyl (C=O) groups is 1. The van der Waals surface area contributed by atoms with Gasteiger partial charge in [0.15, 0.2) is 0 Å². The maximum atomic E-state index is 13.1. The molecule has 0 radical (unpaired) electrons. The highest BCUT2D eigenvalue weighted by atomic mass is 16.5. The number of hydrogen-bond donors (Lipinski definition) is 0. The molecule has 6 heteroatoms. The van der Waals surface area contributed by atoms with Gasteiger partial charge in [-0.1, -0.05) is 11.6 Å². The summed E-state index contributed by atoms with van der Waals surface area (Å²) in [6.07, 6.45) is 6.42. The summed E-state index contributed by atoms with van der Waals surface area (Å²) >= 11 is 0. The number of hydrogen-bond acceptors (Lipinski definition) is 5. The third-order valence-corrected chi connectivity index (χ3v) is 6.30. The fourth-order valence-electron chi connectivity index (χ4n) is 4.59. The van der Waals surface area contributed by atoms with Crippen molar-refractivity contribution < 1.29 is 18.7 Å². The van der Waals surface area contributed by atoms with Crippen LogP contribution in [0.2, 0.25) is 0 Å². The Morgan fingerprint density at radius 1 is 1.14 bits per heavy atom. The average Bonchev–Trinajstić information content (AvgIpc) is 2.68. The number of amides is 1. The van der Waals surface area contributed by atoms with Crippen LogP contribution in [-0.4, -0.2) is 49.3 Å². The third-order valence-electron chi connectivity index (χ3n) is 6.30. The number of aryl methyl sites for hydroxylation is 1. The SMILES string of the molecule is CC1=CC2(CCN(C(=O)c3c(C)cc(C4CCOCC4)oc3=O)CC2)OCC1. The smallest absolute Gasteiger partial charge is 0.349 e. The first-order chi connectivity index (χ1) is 13.5. The lowest BCUT2D eigenvalue weighted by Crippen LogP contribution is -2.49. The fraction of sp³-hybridized carbons (Fsp3) is 0.636. The van der Waals surface area contributed by atoms with Crippen molar-refractivity contribution in [1.29, 1.82) is 0 Å². The van der Waals surface area contributed by atoms with Gasteiger partial charge in [-0.15, -0.1) is 0 Å². The van der Waals surface area contributed by atoms with E-state index in [-0.39, 0.29) is 23.0 Å². The van der Waals surface area contributed by atoms with E-state index in [4.69, 9.17) is 13.9 Å². The van der Waals surface area contributed by atoms with E-state index in [1.54, 1.807) is 4.90 Å². The zero-order valence-electron chi connectivity index (χ0n) is 16.8. The van der Waals surface area contributed by atoms with Crippen molar-refractivity contribution in [2.75, 3.05) is 32.9 Å². The Labute approximate surface area is 165 Å². The summed E-state index contributed by atoms with van der Waals surface area (Å²) < 4.78 is 17.0. The van der Waals surface area contributed by atoms with Gasteiger partial charge in [-0.3, -0.25) is 4.79 Å². The molecule has 2 fully saturated rings. The molecule has 1 aromatic rings. The van der Waals surface area contributed by atoms with Crippen molar-refractivity contribution >= 4 is 5.91 Å². The standard InChI is InChI=1S/C22H29NO5/c1-15-3-12-27-22(14-15)6-8-23(9-7-22)20(24)19-16(2)13-18(28-21(19)25)17-4-10-26-11-5-17/h13-14,17H,3-12H2,1-2H3. The van der Waals surface area contributed by atoms with E-state index in [1.807, 2.05) is 13.0 Å². The quantitative estimate of drug-likeness (QED) is 0.729. The van der Waals surface area contributed by atoms with E-state index >= 15 is 0 Å². The molecule has 1 aromatic heterocycles. The molecule has 3 aliphatic heterocycles. The first-order valence-corrected chi connectivity index (χ1v) is 10.3. The average molecular weight is 387 g/mol. The molecule has 4 heterocycles. The number of likely N-dealkylation sites (tertiary alicyclic amines) is 1. The molecule has 0 atom stereocenters. The van der Waals surface area contributed by atoms with Gasteiger partial charge in [0, 0.05) is 32.2 Å². The van der Waals surface area contributed by atoms with Crippen LogP contribution in [0.3, 0.4) is 0 Å². The van der Waals surface area contributed by atoms with Gasteiger partial charge in [-0.05, 0) is 57.6 Å². The molecule has 0 aliphatic carbocycles. The molecule has 1 amide bonds. The molecule has 4 rings (SSSR count). The lowest BCUT2D eigenvalue weighted by Gasteiger charge is -2.42. The van der Waals surface area contributed by atoms with Crippen LogP contribution in [-0.2, 0) is 9.47 Å². The Morgan fingerprint density at radius 2 is 1.86 bits per heavy atom. The first-order valence-electron chi connectivity index (χ1n) is 10.3. The third kappa shape index (κ3) is 3.80. The number of nitrogens with zero attached hydrogens (tertiary/aromatic N) is 1. The second-order valence-electron chi connectivity index (χ2n) is 8.33. The van der Waals surface area contributed by atoms with E-state index in [0.29, 0.717) is 37.6 Å². The second kappa shape index (κ2) is 7.84. The monoisotopic (exact) mass is 387 g/mol. The second-order valence-corrected chi connectivity index (χ2v) is 8.33. The molecular weight excluding hydrogens is 358 g/mol. The van der Waals surface area contributed by atoms with Crippen LogP contribution in [0.15, 0.2) is 26.9 Å². The van der Waals surface area contributed by atoms with E-state index in [0.717, 1.165) is 38.7 Å². The molecule has 1 spiro atoms. The van der Waals surface area contributed by atoms with Gasteiger partial charge in [0.25, 0.3) is 5.91 Å². The first kappa shape index (κ1) is 19.4. The molecule has 0 unspecified atom stereocenters. The highest BCUT2D eigenvalue weighted by Crippen LogP contribution is 2.33. The van der Waals surface area contributed by atoms with Crippen LogP contribution in [0, 0.1) is 6.92 Å². The van der Waals surface area contributed by atoms with Crippen molar-refractivity contribution in [3.63, 3.8) is 0 Å². The van der Waals surface area contributed by atoms with Crippen LogP contribution in [0.5, 0.6) is 0 Å². The van der Waals surface area contributed by atoms with E-state index in [9.17, 15) is 9.59 Å². The zero-order valence-corrected chi connectivity index (χ0v) is 16.8. The van der Waals surface area contributed by atoms with Crippen LogP contribution < -0.4 is 5.63 Å². The van der Waals surface area contributed by atoms with Gasteiger partial charge in [-0.25, -0.2) is 4.79 Å². The molecule has 3 aliphatic rings. The van der Waals surface area contributed by atoms with Gasteiger partial charge in [0.2, 0.25) is 0 Å². The topological polar surface area (TPSA) is 69.0 Å². The molecule has 2 saturated heterocycles. The molecule has 0 bridgehead atoms. The van der Waals surface area contributed by atoms with Crippen molar-refractivity contribution in [2.45, 2.75) is 57.5 Å². The highest BCUT2D eigenvalue weighted by molar-refractivity contribution is 5.95. The maximum absolute atomic E-state index is 13.1.